The standard InChI is InChI=1S/C43H78NO7P/c1-6-8-10-12-14-16-18-20-22-23-24-26-28-30-32-34-36-43(45)51-42(41-50-52(46,47)49-39-37-44(3,4)5)40-48-38-35-33-31-29-27-25-21-19-17-15-13-11-9-7-2/h8,10,14,16,20,22,24,26,30,32,42H,6-7,9,11-13,15,17-19,21,23,25,27-29,31,33-41H2,1-5H3/p+1. The molecular formula is C43H79NO7P+. The fraction of sp³-hybridized carbons (Fsp3) is 0.744. The molecule has 0 aromatic carbocycles. The van der Waals surface area contributed by atoms with E-state index in [-0.39, 0.29) is 26.2 Å². The van der Waals surface area contributed by atoms with Gasteiger partial charge in [0.2, 0.25) is 0 Å². The molecule has 0 aromatic heterocycles. The van der Waals surface area contributed by atoms with E-state index in [4.69, 9.17) is 18.5 Å². The minimum Gasteiger partial charge on any atom is -0.457 e. The zero-order valence-electron chi connectivity index (χ0n) is 34.0. The fourth-order valence-corrected chi connectivity index (χ4v) is 5.93. The number of allylic oxidation sites excluding steroid dienone is 10. The second-order valence-corrected chi connectivity index (χ2v) is 16.1. The molecule has 0 fully saturated rings. The van der Waals surface area contributed by atoms with Gasteiger partial charge >= 0.3 is 13.8 Å². The van der Waals surface area contributed by atoms with Gasteiger partial charge in [-0.2, -0.15) is 0 Å². The largest absolute Gasteiger partial charge is 0.472 e. The number of unbranched alkanes of at least 4 members (excludes halogenated alkanes) is 13. The van der Waals surface area contributed by atoms with E-state index in [9.17, 15) is 14.3 Å². The van der Waals surface area contributed by atoms with Crippen LogP contribution in [0.1, 0.15) is 149 Å². The summed E-state index contributed by atoms with van der Waals surface area (Å²) in [5.41, 5.74) is 0. The normalized spacial score (nSPS) is 14.5. The first-order valence-electron chi connectivity index (χ1n) is 20.5. The van der Waals surface area contributed by atoms with Crippen LogP contribution in [0.15, 0.2) is 60.8 Å². The summed E-state index contributed by atoms with van der Waals surface area (Å²) in [4.78, 5) is 22.8. The van der Waals surface area contributed by atoms with Crippen molar-refractivity contribution in [3.05, 3.63) is 60.8 Å². The Morgan fingerprint density at radius 2 is 1.08 bits per heavy atom. The molecule has 0 spiro atoms. The van der Waals surface area contributed by atoms with Crippen LogP contribution < -0.4 is 0 Å². The van der Waals surface area contributed by atoms with Crippen LogP contribution in [-0.4, -0.2) is 75.6 Å². The van der Waals surface area contributed by atoms with Crippen LogP contribution in [-0.2, 0) is 27.9 Å². The molecule has 0 heterocycles. The number of hydrogen-bond donors (Lipinski definition) is 1. The first-order chi connectivity index (χ1) is 25.1. The van der Waals surface area contributed by atoms with Crippen molar-refractivity contribution in [1.29, 1.82) is 0 Å². The molecule has 0 aliphatic carbocycles. The third-order valence-corrected chi connectivity index (χ3v) is 9.34. The molecular weight excluding hydrogens is 673 g/mol. The molecule has 52 heavy (non-hydrogen) atoms. The lowest BCUT2D eigenvalue weighted by Crippen LogP contribution is -2.37. The molecule has 2 atom stereocenters. The van der Waals surface area contributed by atoms with Crippen molar-refractivity contribution < 1.29 is 37.3 Å². The van der Waals surface area contributed by atoms with E-state index in [0.29, 0.717) is 24.1 Å². The van der Waals surface area contributed by atoms with Gasteiger partial charge < -0.3 is 18.9 Å². The SMILES string of the molecule is CCC=CCC=CCC=CCC=CCC=CCCC(=O)OC(COCCCCCCCCCCCCCCCC)COP(=O)(O)OCC[N+](C)(C)C. The molecule has 0 radical (unpaired) electrons. The molecule has 302 valence electrons. The third kappa shape index (κ3) is 39.4. The van der Waals surface area contributed by atoms with Crippen LogP contribution in [0.3, 0.4) is 0 Å². The number of ether oxygens (including phenoxy) is 2. The monoisotopic (exact) mass is 753 g/mol. The zero-order chi connectivity index (χ0) is 38.4. The van der Waals surface area contributed by atoms with Crippen molar-refractivity contribution >= 4 is 13.8 Å². The number of hydrogen-bond acceptors (Lipinski definition) is 6. The summed E-state index contributed by atoms with van der Waals surface area (Å²) >= 11 is 0. The molecule has 9 heteroatoms. The molecule has 0 amide bonds. The topological polar surface area (TPSA) is 91.3 Å². The smallest absolute Gasteiger partial charge is 0.457 e. The second-order valence-electron chi connectivity index (χ2n) is 14.6. The van der Waals surface area contributed by atoms with Crippen molar-refractivity contribution in [1.82, 2.24) is 0 Å². The van der Waals surface area contributed by atoms with Crippen molar-refractivity contribution in [3.63, 3.8) is 0 Å². The zero-order valence-corrected chi connectivity index (χ0v) is 34.9. The summed E-state index contributed by atoms with van der Waals surface area (Å²) in [5, 5.41) is 0. The highest BCUT2D eigenvalue weighted by atomic mass is 31.2. The molecule has 0 bridgehead atoms. The number of rotatable bonds is 37. The van der Waals surface area contributed by atoms with Gasteiger partial charge in [0.05, 0.1) is 34.4 Å². The summed E-state index contributed by atoms with van der Waals surface area (Å²) < 4.78 is 34.8. The highest BCUT2D eigenvalue weighted by Gasteiger charge is 2.26. The highest BCUT2D eigenvalue weighted by Crippen LogP contribution is 2.43. The third-order valence-electron chi connectivity index (χ3n) is 8.36. The van der Waals surface area contributed by atoms with Crippen molar-refractivity contribution in [2.75, 3.05) is 54.1 Å². The van der Waals surface area contributed by atoms with Gasteiger partial charge in [0, 0.05) is 13.0 Å². The number of nitrogens with zero attached hydrogens (tertiary/aromatic N) is 1. The van der Waals surface area contributed by atoms with Crippen LogP contribution in [0.25, 0.3) is 0 Å². The van der Waals surface area contributed by atoms with Gasteiger partial charge in [0.1, 0.15) is 19.3 Å². The number of phosphoric ester groups is 1. The Bertz CT molecular complexity index is 1020. The number of carbonyl (C=O) groups is 1. The Labute approximate surface area is 320 Å². The maximum atomic E-state index is 12.6. The van der Waals surface area contributed by atoms with Crippen LogP contribution >= 0.6 is 7.82 Å². The predicted molar refractivity (Wildman–Crippen MR) is 219 cm³/mol. The first-order valence-corrected chi connectivity index (χ1v) is 22.0. The quantitative estimate of drug-likeness (QED) is 0.0222. The van der Waals surface area contributed by atoms with Crippen molar-refractivity contribution in [3.8, 4) is 0 Å². The highest BCUT2D eigenvalue weighted by molar-refractivity contribution is 7.47. The molecule has 0 rings (SSSR count). The van der Waals surface area contributed by atoms with Crippen LogP contribution in [0.2, 0.25) is 0 Å². The van der Waals surface area contributed by atoms with E-state index < -0.39 is 19.9 Å². The van der Waals surface area contributed by atoms with E-state index in [1.165, 1.54) is 77.0 Å². The molecule has 0 aliphatic heterocycles. The summed E-state index contributed by atoms with van der Waals surface area (Å²) in [5.74, 6) is -0.395. The molecule has 8 nitrogen and oxygen atoms in total. The Morgan fingerprint density at radius 1 is 0.615 bits per heavy atom. The Hall–Kier alpha value is -1.80. The van der Waals surface area contributed by atoms with Crippen molar-refractivity contribution in [2.45, 2.75) is 155 Å². The fourth-order valence-electron chi connectivity index (χ4n) is 5.19. The molecule has 0 saturated carbocycles. The van der Waals surface area contributed by atoms with E-state index in [1.54, 1.807) is 0 Å². The van der Waals surface area contributed by atoms with Gasteiger partial charge in [-0.15, -0.1) is 0 Å². The van der Waals surface area contributed by atoms with Crippen LogP contribution in [0, 0.1) is 0 Å². The molecule has 0 aromatic rings. The van der Waals surface area contributed by atoms with Gasteiger partial charge in [-0.1, -0.05) is 158 Å². The molecule has 0 saturated heterocycles. The Kier molecular flexibility index (Phi) is 34.9. The summed E-state index contributed by atoms with van der Waals surface area (Å²) in [7, 11) is 1.62. The van der Waals surface area contributed by atoms with Gasteiger partial charge in [0.15, 0.2) is 0 Å². The van der Waals surface area contributed by atoms with E-state index in [2.05, 4.69) is 62.5 Å². The average Bonchev–Trinajstić information content (AvgIpc) is 3.09. The van der Waals surface area contributed by atoms with E-state index in [0.717, 1.165) is 44.9 Å². The number of quaternary nitrogens is 1. The number of esters is 1. The average molecular weight is 753 g/mol. The molecule has 1 N–H and O–H groups in total. The minimum absolute atomic E-state index is 0.0740. The Morgan fingerprint density at radius 3 is 1.56 bits per heavy atom. The lowest BCUT2D eigenvalue weighted by molar-refractivity contribution is -0.870. The van der Waals surface area contributed by atoms with Gasteiger partial charge in [-0.25, -0.2) is 4.57 Å². The summed E-state index contributed by atoms with van der Waals surface area (Å²) in [6, 6.07) is 0. The lowest BCUT2D eigenvalue weighted by Gasteiger charge is -2.24. The number of likely N-dealkylation sites (N-methyl/N-ethyl adjacent to an activating group) is 1. The summed E-state index contributed by atoms with van der Waals surface area (Å²) in [6.07, 6.45) is 44.1. The molecule has 2 unspecified atom stereocenters. The second kappa shape index (κ2) is 36.2. The van der Waals surface area contributed by atoms with Crippen LogP contribution in [0.4, 0.5) is 0 Å². The van der Waals surface area contributed by atoms with E-state index in [1.807, 2.05) is 33.3 Å². The van der Waals surface area contributed by atoms with Crippen molar-refractivity contribution in [2.24, 2.45) is 0 Å². The van der Waals surface area contributed by atoms with Gasteiger partial charge in [-0.3, -0.25) is 13.8 Å². The maximum absolute atomic E-state index is 12.6. The number of phosphoric acid groups is 1. The number of carbonyl (C=O) groups excluding carboxylic acids is 1. The Balaban J connectivity index is 4.40. The predicted octanol–water partition coefficient (Wildman–Crippen LogP) is 11.8. The van der Waals surface area contributed by atoms with Gasteiger partial charge in [0.25, 0.3) is 0 Å². The molecule has 0 aliphatic rings. The minimum atomic E-state index is -4.29. The first kappa shape index (κ1) is 50.2. The maximum Gasteiger partial charge on any atom is 0.472 e. The van der Waals surface area contributed by atoms with E-state index >= 15 is 0 Å². The van der Waals surface area contributed by atoms with Gasteiger partial charge in [-0.05, 0) is 44.9 Å². The van der Waals surface area contributed by atoms with Crippen LogP contribution in [0.5, 0.6) is 0 Å². The lowest BCUT2D eigenvalue weighted by atomic mass is 10.0. The summed E-state index contributed by atoms with van der Waals surface area (Å²) in [6.45, 7) is 5.40.